The number of hydrogen-bond acceptors (Lipinski definition) is 4. The zero-order valence-corrected chi connectivity index (χ0v) is 19.4. The summed E-state index contributed by atoms with van der Waals surface area (Å²) in [5, 5.41) is 3.59. The van der Waals surface area contributed by atoms with E-state index in [0.29, 0.717) is 43.1 Å². The minimum atomic E-state index is -3.40. The van der Waals surface area contributed by atoms with E-state index in [0.717, 1.165) is 32.0 Å². The number of piperidine rings is 2. The molecule has 1 amide bonds. The number of benzene rings is 1. The van der Waals surface area contributed by atoms with Crippen molar-refractivity contribution in [1.82, 2.24) is 14.5 Å². The molecule has 2 saturated heterocycles. The second kappa shape index (κ2) is 10.9. The first-order valence-corrected chi connectivity index (χ1v) is 13.0. The van der Waals surface area contributed by atoms with Gasteiger partial charge in [-0.2, -0.15) is 0 Å². The van der Waals surface area contributed by atoms with Gasteiger partial charge in [0, 0.05) is 30.6 Å². The van der Waals surface area contributed by atoms with E-state index < -0.39 is 10.0 Å². The molecule has 0 radical (unpaired) electrons. The van der Waals surface area contributed by atoms with E-state index >= 15 is 0 Å². The number of carbonyl (C=O) groups is 1. The van der Waals surface area contributed by atoms with Crippen molar-refractivity contribution < 1.29 is 13.2 Å². The van der Waals surface area contributed by atoms with Crippen LogP contribution in [-0.2, 0) is 20.6 Å². The molecule has 2 fully saturated rings. The standard InChI is InChI=1S/C22H34ClN3O3S/c1-18-6-12-25(13-7-18)11-3-10-24-22(27)20-8-14-26(15-9-20)30(28,29)17-19-4-2-5-21(23)16-19/h2,4-5,16,18,20H,3,6-15,17H2,1H3,(H,24,27). The molecule has 0 aliphatic carbocycles. The predicted molar refractivity (Wildman–Crippen MR) is 121 cm³/mol. The summed E-state index contributed by atoms with van der Waals surface area (Å²) in [6.07, 6.45) is 4.65. The van der Waals surface area contributed by atoms with Crippen molar-refractivity contribution in [2.45, 2.75) is 44.8 Å². The molecule has 0 bridgehead atoms. The molecule has 2 aliphatic rings. The highest BCUT2D eigenvalue weighted by Crippen LogP contribution is 2.23. The Morgan fingerprint density at radius 3 is 2.50 bits per heavy atom. The van der Waals surface area contributed by atoms with Gasteiger partial charge in [0.25, 0.3) is 0 Å². The quantitative estimate of drug-likeness (QED) is 0.611. The van der Waals surface area contributed by atoms with Gasteiger partial charge < -0.3 is 10.2 Å². The van der Waals surface area contributed by atoms with E-state index in [1.165, 1.54) is 17.1 Å². The number of carbonyl (C=O) groups excluding carboxylic acids is 1. The molecule has 3 rings (SSSR count). The molecule has 168 valence electrons. The van der Waals surface area contributed by atoms with Crippen LogP contribution in [0.3, 0.4) is 0 Å². The molecule has 6 nitrogen and oxygen atoms in total. The lowest BCUT2D eigenvalue weighted by Gasteiger charge is -2.31. The van der Waals surface area contributed by atoms with E-state index in [9.17, 15) is 13.2 Å². The topological polar surface area (TPSA) is 69.7 Å². The van der Waals surface area contributed by atoms with Crippen molar-refractivity contribution in [3.8, 4) is 0 Å². The molecular weight excluding hydrogens is 422 g/mol. The third kappa shape index (κ3) is 6.94. The summed E-state index contributed by atoms with van der Waals surface area (Å²) in [5.74, 6) is 0.744. The number of likely N-dealkylation sites (tertiary alicyclic amines) is 1. The lowest BCUT2D eigenvalue weighted by atomic mass is 9.97. The maximum Gasteiger partial charge on any atom is 0.223 e. The molecular formula is C22H34ClN3O3S. The van der Waals surface area contributed by atoms with Crippen molar-refractivity contribution in [2.75, 3.05) is 39.3 Å². The Bertz CT molecular complexity index is 802. The van der Waals surface area contributed by atoms with E-state index in [2.05, 4.69) is 17.1 Å². The minimum absolute atomic E-state index is 0.0559. The molecule has 2 aliphatic heterocycles. The first-order chi connectivity index (χ1) is 14.3. The number of hydrogen-bond donors (Lipinski definition) is 1. The fraction of sp³-hybridized carbons (Fsp3) is 0.682. The number of nitrogens with zero attached hydrogens (tertiary/aromatic N) is 2. The lowest BCUT2D eigenvalue weighted by molar-refractivity contribution is -0.126. The smallest absolute Gasteiger partial charge is 0.223 e. The van der Waals surface area contributed by atoms with Crippen LogP contribution < -0.4 is 5.32 Å². The van der Waals surface area contributed by atoms with Crippen molar-refractivity contribution in [3.05, 3.63) is 34.9 Å². The van der Waals surface area contributed by atoms with Crippen LogP contribution in [0.4, 0.5) is 0 Å². The number of halogens is 1. The molecule has 0 atom stereocenters. The molecule has 0 unspecified atom stereocenters. The Morgan fingerprint density at radius 2 is 1.83 bits per heavy atom. The van der Waals surface area contributed by atoms with E-state index in [4.69, 9.17) is 11.6 Å². The van der Waals surface area contributed by atoms with Crippen molar-refractivity contribution in [1.29, 1.82) is 0 Å². The van der Waals surface area contributed by atoms with Crippen LogP contribution in [0, 0.1) is 11.8 Å². The van der Waals surface area contributed by atoms with Crippen LogP contribution >= 0.6 is 11.6 Å². The predicted octanol–water partition coefficient (Wildman–Crippen LogP) is 3.12. The third-order valence-corrected chi connectivity index (χ3v) is 8.37. The minimum Gasteiger partial charge on any atom is -0.356 e. The van der Waals surface area contributed by atoms with Crippen LogP contribution in [0.5, 0.6) is 0 Å². The summed E-state index contributed by atoms with van der Waals surface area (Å²) >= 11 is 5.96. The van der Waals surface area contributed by atoms with Gasteiger partial charge in [-0.15, -0.1) is 0 Å². The molecule has 1 aromatic rings. The molecule has 30 heavy (non-hydrogen) atoms. The monoisotopic (exact) mass is 455 g/mol. The van der Waals surface area contributed by atoms with Gasteiger partial charge in [0.15, 0.2) is 0 Å². The third-order valence-electron chi connectivity index (χ3n) is 6.28. The van der Waals surface area contributed by atoms with Crippen LogP contribution in [0.2, 0.25) is 5.02 Å². The Hall–Kier alpha value is -1.15. The summed E-state index contributed by atoms with van der Waals surface area (Å²) in [7, 11) is -3.40. The van der Waals surface area contributed by atoms with Gasteiger partial charge in [-0.05, 0) is 75.4 Å². The molecule has 8 heteroatoms. The zero-order valence-electron chi connectivity index (χ0n) is 17.9. The van der Waals surface area contributed by atoms with Crippen molar-refractivity contribution in [3.63, 3.8) is 0 Å². The maximum absolute atomic E-state index is 12.7. The maximum atomic E-state index is 12.7. The lowest BCUT2D eigenvalue weighted by Crippen LogP contribution is -2.43. The number of rotatable bonds is 8. The molecule has 0 aromatic heterocycles. The largest absolute Gasteiger partial charge is 0.356 e. The first kappa shape index (κ1) is 23.5. The highest BCUT2D eigenvalue weighted by atomic mass is 35.5. The van der Waals surface area contributed by atoms with Gasteiger partial charge in [-0.3, -0.25) is 4.79 Å². The van der Waals surface area contributed by atoms with Crippen LogP contribution in [0.1, 0.15) is 44.6 Å². The Kier molecular flexibility index (Phi) is 8.57. The highest BCUT2D eigenvalue weighted by Gasteiger charge is 2.31. The van der Waals surface area contributed by atoms with Gasteiger partial charge in [0.05, 0.1) is 5.75 Å². The number of amides is 1. The summed E-state index contributed by atoms with van der Waals surface area (Å²) in [6.45, 7) is 7.16. The SMILES string of the molecule is CC1CCN(CCCNC(=O)C2CCN(S(=O)(=O)Cc3cccc(Cl)c3)CC2)CC1. The molecule has 1 N–H and O–H groups in total. The Labute approximate surface area is 186 Å². The second-order valence-electron chi connectivity index (χ2n) is 8.73. The summed E-state index contributed by atoms with van der Waals surface area (Å²) in [5.41, 5.74) is 0.686. The summed E-state index contributed by atoms with van der Waals surface area (Å²) < 4.78 is 26.9. The first-order valence-electron chi connectivity index (χ1n) is 11.1. The van der Waals surface area contributed by atoms with Crippen LogP contribution in [0.15, 0.2) is 24.3 Å². The Morgan fingerprint density at radius 1 is 1.13 bits per heavy atom. The van der Waals surface area contributed by atoms with Crippen molar-refractivity contribution in [2.24, 2.45) is 11.8 Å². The summed E-state index contributed by atoms with van der Waals surface area (Å²) in [4.78, 5) is 15.0. The van der Waals surface area contributed by atoms with Crippen LogP contribution in [0.25, 0.3) is 0 Å². The highest BCUT2D eigenvalue weighted by molar-refractivity contribution is 7.88. The van der Waals surface area contributed by atoms with Gasteiger partial charge in [0.2, 0.25) is 15.9 Å². The second-order valence-corrected chi connectivity index (χ2v) is 11.1. The van der Waals surface area contributed by atoms with Crippen molar-refractivity contribution >= 4 is 27.5 Å². The number of sulfonamides is 1. The van der Waals surface area contributed by atoms with Gasteiger partial charge in [-0.25, -0.2) is 12.7 Å². The van der Waals surface area contributed by atoms with E-state index in [1.807, 2.05) is 0 Å². The average molecular weight is 456 g/mol. The van der Waals surface area contributed by atoms with Crippen LogP contribution in [-0.4, -0.2) is 62.8 Å². The summed E-state index contributed by atoms with van der Waals surface area (Å²) in [6, 6.07) is 6.95. The normalized spacial score (nSPS) is 20.3. The van der Waals surface area contributed by atoms with E-state index in [-0.39, 0.29) is 17.6 Å². The van der Waals surface area contributed by atoms with Gasteiger partial charge in [0.1, 0.15) is 0 Å². The van der Waals surface area contributed by atoms with Gasteiger partial charge in [-0.1, -0.05) is 30.7 Å². The molecule has 1 aromatic carbocycles. The average Bonchev–Trinajstić information content (AvgIpc) is 2.72. The zero-order chi connectivity index (χ0) is 21.6. The van der Waals surface area contributed by atoms with Gasteiger partial charge >= 0.3 is 0 Å². The molecule has 0 saturated carbocycles. The number of nitrogens with one attached hydrogen (secondary N) is 1. The Balaban J connectivity index is 1.36. The van der Waals surface area contributed by atoms with E-state index in [1.54, 1.807) is 24.3 Å². The fourth-order valence-corrected chi connectivity index (χ4v) is 6.03. The molecule has 0 spiro atoms. The fourth-order valence-electron chi connectivity index (χ4n) is 4.27. The molecule has 2 heterocycles.